The van der Waals surface area contributed by atoms with Gasteiger partial charge in [0.2, 0.25) is 0 Å². The number of hydrogen-bond donors (Lipinski definition) is 0. The van der Waals surface area contributed by atoms with Crippen LogP contribution in [0.25, 0.3) is 0 Å². The van der Waals surface area contributed by atoms with Gasteiger partial charge in [0.15, 0.2) is 0 Å². The summed E-state index contributed by atoms with van der Waals surface area (Å²) in [5, 5.41) is 0.544. The van der Waals surface area contributed by atoms with E-state index in [0.29, 0.717) is 41.8 Å². The average molecular weight is 284 g/mol. The number of ether oxygens (including phenoxy) is 2. The minimum atomic E-state index is 0.0410. The molecule has 1 fully saturated rings. The van der Waals surface area contributed by atoms with Crippen molar-refractivity contribution in [3.8, 4) is 11.5 Å². The van der Waals surface area contributed by atoms with Gasteiger partial charge in [0, 0.05) is 31.5 Å². The van der Waals surface area contributed by atoms with Gasteiger partial charge in [0.1, 0.15) is 17.3 Å². The maximum Gasteiger partial charge on any atom is 0.145 e. The molecule has 1 aromatic rings. The fraction of sp³-hybridized carbons (Fsp3) is 0.500. The molecule has 1 aromatic carbocycles. The Labute approximate surface area is 118 Å². The van der Waals surface area contributed by atoms with E-state index in [1.54, 1.807) is 20.3 Å². The van der Waals surface area contributed by atoms with Crippen LogP contribution in [0.1, 0.15) is 13.3 Å². The number of nitrogens with zero attached hydrogens (tertiary/aromatic N) is 1. The Balaban J connectivity index is 2.33. The first-order valence-corrected chi connectivity index (χ1v) is 6.63. The molecule has 0 amide bonds. The van der Waals surface area contributed by atoms with Crippen LogP contribution in [0, 0.1) is 5.92 Å². The molecule has 1 unspecified atom stereocenters. The van der Waals surface area contributed by atoms with Gasteiger partial charge < -0.3 is 14.4 Å². The van der Waals surface area contributed by atoms with Crippen LogP contribution >= 0.6 is 11.6 Å². The lowest BCUT2D eigenvalue weighted by molar-refractivity contribution is -0.122. The Bertz CT molecular complexity index is 490. The van der Waals surface area contributed by atoms with E-state index in [0.717, 1.165) is 5.69 Å². The Morgan fingerprint density at radius 2 is 1.95 bits per heavy atom. The van der Waals surface area contributed by atoms with Gasteiger partial charge in [-0.05, 0) is 6.07 Å². The highest BCUT2D eigenvalue weighted by molar-refractivity contribution is 6.32. The maximum atomic E-state index is 11.6. The second-order valence-corrected chi connectivity index (χ2v) is 5.13. The number of methoxy groups -OCH3 is 2. The zero-order valence-electron chi connectivity index (χ0n) is 11.4. The van der Waals surface area contributed by atoms with Crippen molar-refractivity contribution in [3.05, 3.63) is 17.2 Å². The summed E-state index contributed by atoms with van der Waals surface area (Å²) in [5.74, 6) is 1.65. The molecule has 0 aromatic heterocycles. The molecule has 0 N–H and O–H groups in total. The topological polar surface area (TPSA) is 38.8 Å². The summed E-state index contributed by atoms with van der Waals surface area (Å²) in [4.78, 5) is 13.7. The van der Waals surface area contributed by atoms with E-state index in [4.69, 9.17) is 21.1 Å². The molecule has 0 bridgehead atoms. The molecule has 0 saturated carbocycles. The Kier molecular flexibility index (Phi) is 4.20. The molecule has 0 spiro atoms. The normalized spacial score (nSPS) is 19.5. The number of anilines is 1. The smallest absolute Gasteiger partial charge is 0.145 e. The number of ketones is 1. The molecule has 1 saturated heterocycles. The third-order valence-corrected chi connectivity index (χ3v) is 3.76. The Hall–Kier alpha value is -1.42. The predicted octanol–water partition coefficient (Wildman–Crippen LogP) is 2.77. The van der Waals surface area contributed by atoms with Crippen LogP contribution in [0.3, 0.4) is 0 Å². The van der Waals surface area contributed by atoms with Crippen molar-refractivity contribution in [2.75, 3.05) is 32.2 Å². The number of piperidine rings is 1. The molecule has 1 aliphatic rings. The van der Waals surface area contributed by atoms with E-state index >= 15 is 0 Å². The monoisotopic (exact) mass is 283 g/mol. The van der Waals surface area contributed by atoms with Gasteiger partial charge in [-0.2, -0.15) is 0 Å². The highest BCUT2D eigenvalue weighted by Crippen LogP contribution is 2.39. The summed E-state index contributed by atoms with van der Waals surface area (Å²) in [6, 6.07) is 3.61. The molecule has 4 nitrogen and oxygen atoms in total. The number of carbonyl (C=O) groups is 1. The van der Waals surface area contributed by atoms with E-state index in [1.807, 2.05) is 13.0 Å². The third-order valence-electron chi connectivity index (χ3n) is 3.47. The average Bonchev–Trinajstić information content (AvgIpc) is 2.41. The fourth-order valence-electron chi connectivity index (χ4n) is 2.33. The standard InChI is InChI=1S/C14H18ClNO3/c1-9-8-16(5-4-12(9)17)11-6-10(15)13(18-2)7-14(11)19-3/h6-7,9H,4-5,8H2,1-3H3. The van der Waals surface area contributed by atoms with Crippen LogP contribution in [0.5, 0.6) is 11.5 Å². The minimum absolute atomic E-state index is 0.0410. The predicted molar refractivity (Wildman–Crippen MR) is 75.6 cm³/mol. The Morgan fingerprint density at radius 1 is 1.26 bits per heavy atom. The molecule has 19 heavy (non-hydrogen) atoms. The SMILES string of the molecule is COc1cc(OC)c(N2CCC(=O)C(C)C2)cc1Cl. The van der Waals surface area contributed by atoms with Gasteiger partial charge in [0.25, 0.3) is 0 Å². The molecule has 2 rings (SSSR count). The van der Waals surface area contributed by atoms with E-state index in [9.17, 15) is 4.79 Å². The van der Waals surface area contributed by atoms with E-state index < -0.39 is 0 Å². The van der Waals surface area contributed by atoms with Gasteiger partial charge in [0.05, 0.1) is 24.9 Å². The van der Waals surface area contributed by atoms with Crippen molar-refractivity contribution in [1.29, 1.82) is 0 Å². The van der Waals surface area contributed by atoms with Crippen LogP contribution < -0.4 is 14.4 Å². The summed E-state index contributed by atoms with van der Waals surface area (Å²) in [6.07, 6.45) is 0.563. The number of halogens is 1. The number of hydrogen-bond acceptors (Lipinski definition) is 4. The summed E-state index contributed by atoms with van der Waals surface area (Å²) >= 11 is 6.17. The number of Topliss-reactive ketones (excluding diaryl/α,β-unsaturated/α-hetero) is 1. The lowest BCUT2D eigenvalue weighted by Crippen LogP contribution is -2.39. The van der Waals surface area contributed by atoms with Gasteiger partial charge in [-0.15, -0.1) is 0 Å². The molecule has 0 aliphatic carbocycles. The third kappa shape index (κ3) is 2.78. The molecule has 1 heterocycles. The van der Waals surface area contributed by atoms with Crippen molar-refractivity contribution >= 4 is 23.1 Å². The highest BCUT2D eigenvalue weighted by atomic mass is 35.5. The van der Waals surface area contributed by atoms with Crippen molar-refractivity contribution in [2.45, 2.75) is 13.3 Å². The lowest BCUT2D eigenvalue weighted by Gasteiger charge is -2.33. The second kappa shape index (κ2) is 5.70. The van der Waals surface area contributed by atoms with Crippen molar-refractivity contribution in [2.24, 2.45) is 5.92 Å². The molecule has 1 atom stereocenters. The number of carbonyl (C=O) groups excluding carboxylic acids is 1. The highest BCUT2D eigenvalue weighted by Gasteiger charge is 2.26. The first-order valence-electron chi connectivity index (χ1n) is 6.26. The Morgan fingerprint density at radius 3 is 2.53 bits per heavy atom. The maximum absolute atomic E-state index is 11.6. The van der Waals surface area contributed by atoms with E-state index in [2.05, 4.69) is 4.90 Å². The molecule has 104 valence electrons. The summed E-state index contributed by atoms with van der Waals surface area (Å²) < 4.78 is 10.6. The molecule has 1 aliphatic heterocycles. The number of benzene rings is 1. The van der Waals surface area contributed by atoms with Crippen molar-refractivity contribution in [1.82, 2.24) is 0 Å². The lowest BCUT2D eigenvalue weighted by atomic mass is 9.98. The summed E-state index contributed by atoms with van der Waals surface area (Å²) in [5.41, 5.74) is 0.910. The molecule has 5 heteroatoms. The summed E-state index contributed by atoms with van der Waals surface area (Å²) in [6.45, 7) is 3.34. The van der Waals surface area contributed by atoms with E-state index in [1.165, 1.54) is 0 Å². The molecule has 0 radical (unpaired) electrons. The van der Waals surface area contributed by atoms with Crippen molar-refractivity contribution in [3.63, 3.8) is 0 Å². The summed E-state index contributed by atoms with van der Waals surface area (Å²) in [7, 11) is 3.19. The fourth-order valence-corrected chi connectivity index (χ4v) is 2.56. The van der Waals surface area contributed by atoms with Crippen molar-refractivity contribution < 1.29 is 14.3 Å². The van der Waals surface area contributed by atoms with E-state index in [-0.39, 0.29) is 5.92 Å². The van der Waals surface area contributed by atoms with Gasteiger partial charge in [-0.3, -0.25) is 4.79 Å². The minimum Gasteiger partial charge on any atom is -0.495 e. The van der Waals surface area contributed by atoms with Gasteiger partial charge in [-0.25, -0.2) is 0 Å². The first-order chi connectivity index (χ1) is 9.06. The van der Waals surface area contributed by atoms with Crippen LogP contribution in [-0.4, -0.2) is 33.1 Å². The zero-order chi connectivity index (χ0) is 14.0. The van der Waals surface area contributed by atoms with Crippen LogP contribution in [0.15, 0.2) is 12.1 Å². The van der Waals surface area contributed by atoms with Gasteiger partial charge >= 0.3 is 0 Å². The second-order valence-electron chi connectivity index (χ2n) is 4.72. The molecular weight excluding hydrogens is 266 g/mol. The van der Waals surface area contributed by atoms with Crippen LogP contribution in [-0.2, 0) is 4.79 Å². The largest absolute Gasteiger partial charge is 0.495 e. The quantitative estimate of drug-likeness (QED) is 0.855. The van der Waals surface area contributed by atoms with Crippen LogP contribution in [0.4, 0.5) is 5.69 Å². The number of rotatable bonds is 3. The van der Waals surface area contributed by atoms with Crippen LogP contribution in [0.2, 0.25) is 5.02 Å². The van der Waals surface area contributed by atoms with Gasteiger partial charge in [-0.1, -0.05) is 18.5 Å². The first kappa shape index (κ1) is 14.0. The molecular formula is C14H18ClNO3. The zero-order valence-corrected chi connectivity index (χ0v) is 12.2.